The maximum Gasteiger partial charge on any atom is 0.317 e. The van der Waals surface area contributed by atoms with Crippen LogP contribution in [0.5, 0.6) is 0 Å². The van der Waals surface area contributed by atoms with Crippen molar-refractivity contribution in [1.82, 2.24) is 25.1 Å². The van der Waals surface area contributed by atoms with E-state index in [4.69, 9.17) is 10.5 Å². The molecule has 132 valence electrons. The van der Waals surface area contributed by atoms with E-state index in [0.717, 1.165) is 0 Å². The highest BCUT2D eigenvalue weighted by Gasteiger charge is 2.57. The van der Waals surface area contributed by atoms with Crippen molar-refractivity contribution in [3.05, 3.63) is 5.82 Å². The average molecular weight is 354 g/mol. The monoisotopic (exact) mass is 354 g/mol. The van der Waals surface area contributed by atoms with Crippen LogP contribution in [0.2, 0.25) is 0 Å². The molecule has 2 saturated heterocycles. The predicted molar refractivity (Wildman–Crippen MR) is 86.8 cm³/mol. The van der Waals surface area contributed by atoms with Gasteiger partial charge in [-0.2, -0.15) is 4.80 Å². The van der Waals surface area contributed by atoms with Gasteiger partial charge < -0.3 is 15.4 Å². The first-order valence-corrected chi connectivity index (χ1v) is 8.82. The second kappa shape index (κ2) is 5.69. The molecule has 3 heterocycles. The highest BCUT2D eigenvalue weighted by molar-refractivity contribution is 8.00. The minimum absolute atomic E-state index is 0.0708. The Labute approximate surface area is 144 Å². The Bertz CT molecular complexity index is 672. The van der Waals surface area contributed by atoms with Crippen LogP contribution < -0.4 is 5.73 Å². The number of hydrogen-bond donors (Lipinski definition) is 1. The lowest BCUT2D eigenvalue weighted by atomic mass is 9.87. The summed E-state index contributed by atoms with van der Waals surface area (Å²) in [5, 5.41) is 11.9. The minimum Gasteiger partial charge on any atom is -0.459 e. The van der Waals surface area contributed by atoms with Gasteiger partial charge in [-0.3, -0.25) is 9.59 Å². The third-order valence-corrected chi connectivity index (χ3v) is 5.62. The van der Waals surface area contributed by atoms with Crippen molar-refractivity contribution < 1.29 is 14.3 Å². The molecular weight excluding hydrogens is 332 g/mol. The second-order valence-corrected chi connectivity index (χ2v) is 8.45. The van der Waals surface area contributed by atoms with Gasteiger partial charge in [-0.25, -0.2) is 0 Å². The van der Waals surface area contributed by atoms with Crippen molar-refractivity contribution >= 4 is 23.6 Å². The Kier molecular flexibility index (Phi) is 4.07. The minimum atomic E-state index is -0.919. The fourth-order valence-corrected chi connectivity index (χ4v) is 4.33. The average Bonchev–Trinajstić information content (AvgIpc) is 2.89. The SMILES string of the molecule is Cc1nnn(CC2(C(=O)OC(C)(C)C)CS[C@@H]3C(N)C(=O)N3C2)n1. The van der Waals surface area contributed by atoms with Crippen LogP contribution in [0.15, 0.2) is 0 Å². The Morgan fingerprint density at radius 2 is 2.21 bits per heavy atom. The lowest BCUT2D eigenvalue weighted by Crippen LogP contribution is -2.72. The number of carbonyl (C=O) groups is 2. The Morgan fingerprint density at radius 3 is 2.79 bits per heavy atom. The van der Waals surface area contributed by atoms with Gasteiger partial charge in [0, 0.05) is 12.3 Å². The summed E-state index contributed by atoms with van der Waals surface area (Å²) in [4.78, 5) is 28.0. The van der Waals surface area contributed by atoms with E-state index < -0.39 is 17.1 Å². The maximum absolute atomic E-state index is 12.9. The molecule has 2 unspecified atom stereocenters. The van der Waals surface area contributed by atoms with Crippen molar-refractivity contribution in [3.8, 4) is 0 Å². The van der Waals surface area contributed by atoms with Crippen molar-refractivity contribution in [2.45, 2.75) is 51.3 Å². The molecule has 1 aromatic heterocycles. The number of hydrogen-bond acceptors (Lipinski definition) is 8. The molecule has 1 amide bonds. The predicted octanol–water partition coefficient (Wildman–Crippen LogP) is -0.448. The zero-order chi connectivity index (χ0) is 17.7. The molecule has 3 rings (SSSR count). The van der Waals surface area contributed by atoms with Gasteiger partial charge in [0.05, 0.1) is 6.54 Å². The Morgan fingerprint density at radius 1 is 1.50 bits per heavy atom. The third kappa shape index (κ3) is 3.00. The summed E-state index contributed by atoms with van der Waals surface area (Å²) in [6, 6.07) is -0.488. The van der Waals surface area contributed by atoms with Crippen molar-refractivity contribution in [1.29, 1.82) is 0 Å². The number of ether oxygens (including phenoxy) is 1. The number of carbonyl (C=O) groups excluding carboxylic acids is 2. The van der Waals surface area contributed by atoms with Gasteiger partial charge in [-0.05, 0) is 32.9 Å². The first-order chi connectivity index (χ1) is 11.1. The van der Waals surface area contributed by atoms with E-state index in [1.807, 2.05) is 20.8 Å². The molecule has 2 aliphatic rings. The summed E-state index contributed by atoms with van der Waals surface area (Å²) in [6.07, 6.45) is 0. The lowest BCUT2D eigenvalue weighted by Gasteiger charge is -2.53. The first-order valence-electron chi connectivity index (χ1n) is 7.77. The molecule has 0 radical (unpaired) electrons. The van der Waals surface area contributed by atoms with E-state index >= 15 is 0 Å². The zero-order valence-electron chi connectivity index (χ0n) is 14.2. The molecule has 9 nitrogen and oxygen atoms in total. The van der Waals surface area contributed by atoms with Crippen LogP contribution in [0.1, 0.15) is 26.6 Å². The van der Waals surface area contributed by atoms with Crippen LogP contribution >= 0.6 is 11.8 Å². The van der Waals surface area contributed by atoms with E-state index in [-0.39, 0.29) is 30.3 Å². The van der Waals surface area contributed by atoms with Crippen LogP contribution in [0.25, 0.3) is 0 Å². The van der Waals surface area contributed by atoms with Gasteiger partial charge in [0.2, 0.25) is 5.91 Å². The normalized spacial score (nSPS) is 29.9. The summed E-state index contributed by atoms with van der Waals surface area (Å²) < 4.78 is 5.62. The standard InChI is InChI=1S/C14H22N6O3S/c1-8-16-18-20(17-8)6-14(12(22)23-13(2,3)4)5-19-10(21)9(15)11(19)24-7-14/h9,11H,5-7,15H2,1-4H3/t9?,11-,14?/m1/s1. The van der Waals surface area contributed by atoms with Crippen molar-refractivity contribution in [3.63, 3.8) is 0 Å². The van der Waals surface area contributed by atoms with E-state index in [1.54, 1.807) is 11.8 Å². The van der Waals surface area contributed by atoms with Crippen molar-refractivity contribution in [2.24, 2.45) is 11.1 Å². The summed E-state index contributed by atoms with van der Waals surface area (Å²) >= 11 is 1.50. The molecule has 1 aromatic rings. The van der Waals surface area contributed by atoms with Gasteiger partial charge in [0.25, 0.3) is 0 Å². The summed E-state index contributed by atoms with van der Waals surface area (Å²) in [5.74, 6) is 0.523. The smallest absolute Gasteiger partial charge is 0.317 e. The van der Waals surface area contributed by atoms with E-state index in [1.165, 1.54) is 16.6 Å². The Balaban J connectivity index is 1.86. The first kappa shape index (κ1) is 17.2. The maximum atomic E-state index is 12.9. The topological polar surface area (TPSA) is 116 Å². The van der Waals surface area contributed by atoms with E-state index in [2.05, 4.69) is 15.4 Å². The molecule has 0 aliphatic carbocycles. The number of tetrazole rings is 1. The third-order valence-electron chi connectivity index (χ3n) is 4.01. The Hall–Kier alpha value is -1.68. The molecule has 2 aliphatic heterocycles. The van der Waals surface area contributed by atoms with Crippen LogP contribution in [-0.2, 0) is 20.9 Å². The number of nitrogens with zero attached hydrogens (tertiary/aromatic N) is 5. The summed E-state index contributed by atoms with van der Waals surface area (Å²) in [5.41, 5.74) is 4.29. The van der Waals surface area contributed by atoms with Crippen LogP contribution in [0.4, 0.5) is 0 Å². The molecule has 0 spiro atoms. The van der Waals surface area contributed by atoms with Gasteiger partial charge in [0.1, 0.15) is 22.4 Å². The molecule has 0 aromatic carbocycles. The summed E-state index contributed by atoms with van der Waals surface area (Å²) in [7, 11) is 0. The van der Waals surface area contributed by atoms with E-state index in [9.17, 15) is 9.59 Å². The van der Waals surface area contributed by atoms with Crippen LogP contribution in [-0.4, -0.2) is 66.3 Å². The fraction of sp³-hybridized carbons (Fsp3) is 0.786. The molecule has 24 heavy (non-hydrogen) atoms. The molecule has 0 bridgehead atoms. The number of nitrogens with two attached hydrogens (primary N) is 1. The number of β-lactam (4-membered cyclic amide) rings is 1. The number of aromatic nitrogens is 4. The van der Waals surface area contributed by atoms with Crippen LogP contribution in [0, 0.1) is 12.3 Å². The molecule has 2 fully saturated rings. The quantitative estimate of drug-likeness (QED) is 0.573. The second-order valence-electron chi connectivity index (χ2n) is 7.34. The highest BCUT2D eigenvalue weighted by Crippen LogP contribution is 2.43. The number of amides is 1. The molecule has 3 atom stereocenters. The van der Waals surface area contributed by atoms with Gasteiger partial charge in [0.15, 0.2) is 5.82 Å². The number of thioether (sulfide) groups is 1. The van der Waals surface area contributed by atoms with Gasteiger partial charge >= 0.3 is 5.97 Å². The number of esters is 1. The van der Waals surface area contributed by atoms with Crippen LogP contribution in [0.3, 0.4) is 0 Å². The zero-order valence-corrected chi connectivity index (χ0v) is 15.0. The van der Waals surface area contributed by atoms with Crippen molar-refractivity contribution in [2.75, 3.05) is 12.3 Å². The van der Waals surface area contributed by atoms with E-state index in [0.29, 0.717) is 11.6 Å². The lowest BCUT2D eigenvalue weighted by molar-refractivity contribution is -0.172. The van der Waals surface area contributed by atoms with Gasteiger partial charge in [-0.1, -0.05) is 0 Å². The van der Waals surface area contributed by atoms with Gasteiger partial charge in [-0.15, -0.1) is 22.0 Å². The molecular formula is C14H22N6O3S. The fourth-order valence-electron chi connectivity index (χ4n) is 2.86. The summed E-state index contributed by atoms with van der Waals surface area (Å²) in [6.45, 7) is 7.65. The number of aryl methyl sites for hydroxylation is 1. The molecule has 10 heteroatoms. The highest BCUT2D eigenvalue weighted by atomic mass is 32.2. The molecule has 0 saturated carbocycles. The molecule has 2 N–H and O–H groups in total. The number of fused-ring (bicyclic) bond motifs is 1. The number of rotatable bonds is 3. The largest absolute Gasteiger partial charge is 0.459 e.